The van der Waals surface area contributed by atoms with Crippen LogP contribution in [0, 0.1) is 11.8 Å². The maximum Gasteiger partial charge on any atom is 0.226 e. The molecule has 1 aromatic heterocycles. The molecule has 0 N–H and O–H groups in total. The molecule has 1 saturated heterocycles. The standard InChI is InChI=1S/C16H22N4O2/c1-11-7-14(11)16(22)19-8-12-4-5-17-20(12)13(10-19)9-18-6-2-3-15(18)21/h4-5,11,13-14H,2-3,6-10H2,1H3/t11-,13+,14+/m1/s1. The van der Waals surface area contributed by atoms with Crippen molar-refractivity contribution in [2.45, 2.75) is 38.8 Å². The van der Waals surface area contributed by atoms with Gasteiger partial charge < -0.3 is 9.80 Å². The number of carbonyl (C=O) groups is 2. The Morgan fingerprint density at radius 3 is 2.95 bits per heavy atom. The van der Waals surface area contributed by atoms with Gasteiger partial charge in [-0.2, -0.15) is 5.10 Å². The van der Waals surface area contributed by atoms with E-state index in [-0.39, 0.29) is 23.8 Å². The van der Waals surface area contributed by atoms with Crippen LogP contribution in [-0.4, -0.2) is 51.0 Å². The lowest BCUT2D eigenvalue weighted by molar-refractivity contribution is -0.135. The van der Waals surface area contributed by atoms with E-state index in [1.165, 1.54) is 0 Å². The van der Waals surface area contributed by atoms with E-state index < -0.39 is 0 Å². The molecule has 22 heavy (non-hydrogen) atoms. The van der Waals surface area contributed by atoms with Crippen LogP contribution in [0.25, 0.3) is 0 Å². The predicted molar refractivity (Wildman–Crippen MR) is 79.8 cm³/mol. The Kier molecular flexibility index (Phi) is 3.20. The lowest BCUT2D eigenvalue weighted by atomic mass is 10.1. The van der Waals surface area contributed by atoms with E-state index in [4.69, 9.17) is 0 Å². The SMILES string of the molecule is C[C@@H]1C[C@@H]1C(=O)N1Cc2ccnn2[C@@H](CN2CCCC2=O)C1. The molecular weight excluding hydrogens is 280 g/mol. The minimum atomic E-state index is 0.0822. The summed E-state index contributed by atoms with van der Waals surface area (Å²) in [5.41, 5.74) is 1.07. The van der Waals surface area contributed by atoms with E-state index in [9.17, 15) is 9.59 Å². The molecule has 0 radical (unpaired) electrons. The molecule has 0 unspecified atom stereocenters. The molecule has 0 aromatic carbocycles. The van der Waals surface area contributed by atoms with Gasteiger partial charge >= 0.3 is 0 Å². The molecule has 1 aliphatic carbocycles. The summed E-state index contributed by atoms with van der Waals surface area (Å²) in [6, 6.07) is 2.06. The topological polar surface area (TPSA) is 58.4 Å². The molecule has 2 fully saturated rings. The van der Waals surface area contributed by atoms with E-state index in [1.54, 1.807) is 6.20 Å². The molecule has 2 amide bonds. The molecule has 1 aromatic rings. The van der Waals surface area contributed by atoms with Crippen LogP contribution >= 0.6 is 0 Å². The Morgan fingerprint density at radius 2 is 2.27 bits per heavy atom. The summed E-state index contributed by atoms with van der Waals surface area (Å²) >= 11 is 0. The highest BCUT2D eigenvalue weighted by Gasteiger charge is 2.43. The van der Waals surface area contributed by atoms with Gasteiger partial charge in [0.15, 0.2) is 0 Å². The van der Waals surface area contributed by atoms with Crippen molar-refractivity contribution in [2.75, 3.05) is 19.6 Å². The van der Waals surface area contributed by atoms with Gasteiger partial charge in [0.2, 0.25) is 11.8 Å². The fourth-order valence-electron chi connectivity index (χ4n) is 3.74. The number of rotatable bonds is 3. The first kappa shape index (κ1) is 13.8. The number of nitrogens with zero attached hydrogens (tertiary/aromatic N) is 4. The van der Waals surface area contributed by atoms with Gasteiger partial charge in [0.25, 0.3) is 0 Å². The van der Waals surface area contributed by atoms with Gasteiger partial charge in [-0.25, -0.2) is 0 Å². The van der Waals surface area contributed by atoms with Crippen LogP contribution in [0.5, 0.6) is 0 Å². The second kappa shape index (κ2) is 5.11. The largest absolute Gasteiger partial charge is 0.340 e. The predicted octanol–water partition coefficient (Wildman–Crippen LogP) is 1.04. The molecule has 0 bridgehead atoms. The lowest BCUT2D eigenvalue weighted by Gasteiger charge is -2.36. The number of hydrogen-bond donors (Lipinski definition) is 0. The van der Waals surface area contributed by atoms with Gasteiger partial charge in [0, 0.05) is 38.2 Å². The summed E-state index contributed by atoms with van der Waals surface area (Å²) in [6.45, 7) is 4.95. The van der Waals surface area contributed by atoms with Crippen molar-refractivity contribution < 1.29 is 9.59 Å². The van der Waals surface area contributed by atoms with E-state index in [0.29, 0.717) is 32.0 Å². The molecule has 3 atom stereocenters. The Morgan fingerprint density at radius 1 is 1.45 bits per heavy atom. The number of amides is 2. The summed E-state index contributed by atoms with van der Waals surface area (Å²) in [7, 11) is 0. The molecule has 4 rings (SSSR count). The zero-order chi connectivity index (χ0) is 15.3. The molecule has 1 saturated carbocycles. The quantitative estimate of drug-likeness (QED) is 0.838. The van der Waals surface area contributed by atoms with Crippen LogP contribution in [-0.2, 0) is 16.1 Å². The number of carbonyl (C=O) groups excluding carboxylic acids is 2. The van der Waals surface area contributed by atoms with Crippen LogP contribution in [0.2, 0.25) is 0 Å². The van der Waals surface area contributed by atoms with Crippen molar-refractivity contribution in [1.82, 2.24) is 19.6 Å². The molecule has 0 spiro atoms. The van der Waals surface area contributed by atoms with Crippen LogP contribution in [0.3, 0.4) is 0 Å². The van der Waals surface area contributed by atoms with Crippen LogP contribution in [0.4, 0.5) is 0 Å². The van der Waals surface area contributed by atoms with Gasteiger partial charge in [-0.05, 0) is 24.8 Å². The van der Waals surface area contributed by atoms with Crippen LogP contribution in [0.15, 0.2) is 12.3 Å². The van der Waals surface area contributed by atoms with E-state index in [1.807, 2.05) is 20.5 Å². The highest BCUT2D eigenvalue weighted by Crippen LogP contribution is 2.40. The molecular formula is C16H22N4O2. The summed E-state index contributed by atoms with van der Waals surface area (Å²) in [6.07, 6.45) is 4.41. The van der Waals surface area contributed by atoms with Crippen molar-refractivity contribution in [3.8, 4) is 0 Å². The first-order valence-corrected chi connectivity index (χ1v) is 8.22. The number of likely N-dealkylation sites (tertiary alicyclic amines) is 1. The average Bonchev–Trinajstić information content (AvgIpc) is 2.89. The lowest BCUT2D eigenvalue weighted by Crippen LogP contribution is -2.46. The first-order chi connectivity index (χ1) is 10.6. The number of fused-ring (bicyclic) bond motifs is 1. The van der Waals surface area contributed by atoms with Gasteiger partial charge in [-0.3, -0.25) is 14.3 Å². The van der Waals surface area contributed by atoms with Gasteiger partial charge in [-0.15, -0.1) is 0 Å². The zero-order valence-electron chi connectivity index (χ0n) is 12.9. The zero-order valence-corrected chi connectivity index (χ0v) is 12.9. The average molecular weight is 302 g/mol. The minimum absolute atomic E-state index is 0.0822. The smallest absolute Gasteiger partial charge is 0.226 e. The molecule has 3 aliphatic rings. The fourth-order valence-corrected chi connectivity index (χ4v) is 3.74. The molecule has 3 heterocycles. The third-order valence-corrected chi connectivity index (χ3v) is 5.22. The Balaban J connectivity index is 1.52. The third-order valence-electron chi connectivity index (χ3n) is 5.22. The second-order valence-corrected chi connectivity index (χ2v) is 6.90. The van der Waals surface area contributed by atoms with Crippen molar-refractivity contribution in [2.24, 2.45) is 11.8 Å². The van der Waals surface area contributed by atoms with Crippen molar-refractivity contribution >= 4 is 11.8 Å². The summed E-state index contributed by atoms with van der Waals surface area (Å²) < 4.78 is 2.01. The van der Waals surface area contributed by atoms with Crippen molar-refractivity contribution in [1.29, 1.82) is 0 Å². The van der Waals surface area contributed by atoms with E-state index >= 15 is 0 Å². The highest BCUT2D eigenvalue weighted by molar-refractivity contribution is 5.81. The van der Waals surface area contributed by atoms with Crippen molar-refractivity contribution in [3.05, 3.63) is 18.0 Å². The van der Waals surface area contributed by atoms with E-state index in [0.717, 1.165) is 25.1 Å². The molecule has 118 valence electrons. The van der Waals surface area contributed by atoms with Crippen LogP contribution in [0.1, 0.15) is 37.9 Å². The Bertz CT molecular complexity index is 611. The van der Waals surface area contributed by atoms with Gasteiger partial charge in [0.05, 0.1) is 18.3 Å². The van der Waals surface area contributed by atoms with E-state index in [2.05, 4.69) is 12.0 Å². The molecule has 2 aliphatic heterocycles. The number of hydrogen-bond acceptors (Lipinski definition) is 3. The maximum atomic E-state index is 12.6. The Labute approximate surface area is 130 Å². The normalized spacial score (nSPS) is 30.6. The summed E-state index contributed by atoms with van der Waals surface area (Å²) in [5, 5.41) is 4.42. The third kappa shape index (κ3) is 2.30. The van der Waals surface area contributed by atoms with Gasteiger partial charge in [0.1, 0.15) is 0 Å². The minimum Gasteiger partial charge on any atom is -0.340 e. The summed E-state index contributed by atoms with van der Waals surface area (Å²) in [5.74, 6) is 1.24. The Hall–Kier alpha value is -1.85. The first-order valence-electron chi connectivity index (χ1n) is 8.22. The maximum absolute atomic E-state index is 12.6. The fraction of sp³-hybridized carbons (Fsp3) is 0.688. The molecule has 6 nitrogen and oxygen atoms in total. The van der Waals surface area contributed by atoms with Crippen LogP contribution < -0.4 is 0 Å². The second-order valence-electron chi connectivity index (χ2n) is 6.90. The highest BCUT2D eigenvalue weighted by atomic mass is 16.2. The van der Waals surface area contributed by atoms with Gasteiger partial charge in [-0.1, -0.05) is 6.92 Å². The van der Waals surface area contributed by atoms with Crippen molar-refractivity contribution in [3.63, 3.8) is 0 Å². The summed E-state index contributed by atoms with van der Waals surface area (Å²) in [4.78, 5) is 28.3. The molecule has 6 heteroatoms. The number of aromatic nitrogens is 2. The monoisotopic (exact) mass is 302 g/mol.